The van der Waals surface area contributed by atoms with Crippen LogP contribution in [0.3, 0.4) is 0 Å². The van der Waals surface area contributed by atoms with E-state index in [1.165, 1.54) is 12.0 Å². The molecule has 158 valence electrons. The molecule has 1 aromatic rings. The van der Waals surface area contributed by atoms with Crippen molar-refractivity contribution in [1.82, 2.24) is 14.7 Å². The van der Waals surface area contributed by atoms with E-state index in [0.717, 1.165) is 28.9 Å². The van der Waals surface area contributed by atoms with Crippen molar-refractivity contribution in [3.05, 3.63) is 35.4 Å². The molecule has 2 aliphatic heterocycles. The second-order valence-corrected chi connectivity index (χ2v) is 7.82. The van der Waals surface area contributed by atoms with E-state index in [1.807, 2.05) is 24.3 Å². The van der Waals surface area contributed by atoms with E-state index in [2.05, 4.69) is 0 Å². The summed E-state index contributed by atoms with van der Waals surface area (Å²) in [6.07, 6.45) is 3.40. The molecule has 3 aliphatic rings. The zero-order chi connectivity index (χ0) is 21.4. The number of methoxy groups -OCH3 is 1. The second-order valence-electron chi connectivity index (χ2n) is 7.82. The van der Waals surface area contributed by atoms with Crippen LogP contribution in [0.4, 0.5) is 4.79 Å². The van der Waals surface area contributed by atoms with Gasteiger partial charge in [0.05, 0.1) is 7.11 Å². The monoisotopic (exact) mass is 413 g/mol. The van der Waals surface area contributed by atoms with Crippen molar-refractivity contribution in [3.63, 3.8) is 0 Å². The Morgan fingerprint density at radius 1 is 1.03 bits per heavy atom. The maximum absolute atomic E-state index is 13.1. The van der Waals surface area contributed by atoms with Crippen LogP contribution in [-0.2, 0) is 36.9 Å². The molecule has 0 N–H and O–H groups in total. The SMILES string of the molecule is COC(=O)[C@@H]1Cc2ccccc2CN1C(=O)CN1C(=O)C(=O)N(C2CCCC2)C1=O. The normalized spacial score (nSPS) is 22.0. The minimum atomic E-state index is -0.993. The minimum absolute atomic E-state index is 0.158. The van der Waals surface area contributed by atoms with Crippen LogP contribution in [0.2, 0.25) is 0 Å². The Hall–Kier alpha value is -3.23. The molecule has 1 saturated heterocycles. The summed E-state index contributed by atoms with van der Waals surface area (Å²) in [5.41, 5.74) is 1.82. The van der Waals surface area contributed by atoms with Gasteiger partial charge in [-0.2, -0.15) is 0 Å². The van der Waals surface area contributed by atoms with E-state index < -0.39 is 42.3 Å². The van der Waals surface area contributed by atoms with E-state index in [1.54, 1.807) is 0 Å². The third kappa shape index (κ3) is 3.34. The fourth-order valence-electron chi connectivity index (χ4n) is 4.50. The van der Waals surface area contributed by atoms with E-state index in [0.29, 0.717) is 17.7 Å². The zero-order valence-corrected chi connectivity index (χ0v) is 16.7. The number of ether oxygens (including phenoxy) is 1. The van der Waals surface area contributed by atoms with Crippen LogP contribution in [-0.4, -0.2) is 70.2 Å². The van der Waals surface area contributed by atoms with Gasteiger partial charge in [0.2, 0.25) is 5.91 Å². The highest BCUT2D eigenvalue weighted by atomic mass is 16.5. The number of carbonyl (C=O) groups is 5. The lowest BCUT2D eigenvalue weighted by molar-refractivity contribution is -0.154. The quantitative estimate of drug-likeness (QED) is 0.412. The highest BCUT2D eigenvalue weighted by molar-refractivity contribution is 6.45. The van der Waals surface area contributed by atoms with Crippen molar-refractivity contribution >= 4 is 29.7 Å². The molecular formula is C21H23N3O6. The van der Waals surface area contributed by atoms with Gasteiger partial charge in [-0.3, -0.25) is 19.3 Å². The molecule has 0 aromatic heterocycles. The Labute approximate surface area is 173 Å². The largest absolute Gasteiger partial charge is 0.467 e. The van der Waals surface area contributed by atoms with Gasteiger partial charge in [-0.25, -0.2) is 14.5 Å². The van der Waals surface area contributed by atoms with E-state index in [4.69, 9.17) is 4.74 Å². The lowest BCUT2D eigenvalue weighted by Gasteiger charge is -2.35. The van der Waals surface area contributed by atoms with Crippen LogP contribution in [0.5, 0.6) is 0 Å². The van der Waals surface area contributed by atoms with E-state index in [9.17, 15) is 24.0 Å². The topological polar surface area (TPSA) is 104 Å². The molecule has 30 heavy (non-hydrogen) atoms. The van der Waals surface area contributed by atoms with E-state index in [-0.39, 0.29) is 19.0 Å². The number of carbonyl (C=O) groups excluding carboxylic acids is 5. The van der Waals surface area contributed by atoms with Gasteiger partial charge < -0.3 is 9.64 Å². The van der Waals surface area contributed by atoms with Crippen molar-refractivity contribution in [2.45, 2.75) is 50.7 Å². The average molecular weight is 413 g/mol. The number of amides is 5. The number of imide groups is 2. The summed E-state index contributed by atoms with van der Waals surface area (Å²) in [7, 11) is 1.25. The Kier molecular flexibility index (Phi) is 5.27. The number of nitrogens with zero attached hydrogens (tertiary/aromatic N) is 3. The number of hydrogen-bond donors (Lipinski definition) is 0. The molecule has 0 unspecified atom stereocenters. The van der Waals surface area contributed by atoms with Gasteiger partial charge in [0.15, 0.2) is 0 Å². The number of urea groups is 1. The van der Waals surface area contributed by atoms with Crippen molar-refractivity contribution in [2.75, 3.05) is 13.7 Å². The van der Waals surface area contributed by atoms with Crippen molar-refractivity contribution < 1.29 is 28.7 Å². The molecule has 0 bridgehead atoms. The smallest absolute Gasteiger partial charge is 0.334 e. The highest BCUT2D eigenvalue weighted by Gasteiger charge is 2.49. The van der Waals surface area contributed by atoms with Crippen molar-refractivity contribution in [1.29, 1.82) is 0 Å². The predicted molar refractivity (Wildman–Crippen MR) is 103 cm³/mol. The minimum Gasteiger partial charge on any atom is -0.467 e. The van der Waals surface area contributed by atoms with Gasteiger partial charge in [0.25, 0.3) is 0 Å². The van der Waals surface area contributed by atoms with Gasteiger partial charge in [-0.05, 0) is 24.0 Å². The third-order valence-corrected chi connectivity index (χ3v) is 6.11. The molecule has 4 rings (SSSR count). The fourth-order valence-corrected chi connectivity index (χ4v) is 4.50. The lowest BCUT2D eigenvalue weighted by Crippen LogP contribution is -2.52. The molecule has 1 aliphatic carbocycles. The average Bonchev–Trinajstić information content (AvgIpc) is 3.35. The van der Waals surface area contributed by atoms with Gasteiger partial charge in [0, 0.05) is 19.0 Å². The van der Waals surface area contributed by atoms with Crippen LogP contribution in [0.15, 0.2) is 24.3 Å². The summed E-state index contributed by atoms with van der Waals surface area (Å²) >= 11 is 0. The molecule has 0 spiro atoms. The Bertz CT molecular complexity index is 923. The lowest BCUT2D eigenvalue weighted by atomic mass is 9.94. The summed E-state index contributed by atoms with van der Waals surface area (Å²) in [6.45, 7) is -0.423. The Balaban J connectivity index is 1.54. The van der Waals surface area contributed by atoms with Crippen LogP contribution in [0.1, 0.15) is 36.8 Å². The summed E-state index contributed by atoms with van der Waals surface area (Å²) in [6, 6.07) is 5.54. The fraction of sp³-hybridized carbons (Fsp3) is 0.476. The summed E-state index contributed by atoms with van der Waals surface area (Å²) in [5.74, 6) is -3.02. The van der Waals surface area contributed by atoms with Crippen molar-refractivity contribution in [3.8, 4) is 0 Å². The molecular weight excluding hydrogens is 390 g/mol. The maximum atomic E-state index is 13.1. The van der Waals surface area contributed by atoms with Crippen LogP contribution in [0.25, 0.3) is 0 Å². The number of rotatable bonds is 4. The van der Waals surface area contributed by atoms with Gasteiger partial charge in [-0.1, -0.05) is 37.1 Å². The first-order chi connectivity index (χ1) is 14.4. The van der Waals surface area contributed by atoms with E-state index >= 15 is 0 Å². The maximum Gasteiger partial charge on any atom is 0.334 e. The number of hydrogen-bond acceptors (Lipinski definition) is 6. The summed E-state index contributed by atoms with van der Waals surface area (Å²) in [4.78, 5) is 65.9. The predicted octanol–water partition coefficient (Wildman–Crippen LogP) is 0.846. The molecule has 1 saturated carbocycles. The standard InChI is InChI=1S/C21H23N3O6/c1-30-20(28)16-10-13-6-2-3-7-14(13)11-22(16)17(25)12-23-18(26)19(27)24(21(23)29)15-8-4-5-9-15/h2-3,6-7,15-16H,4-5,8-12H2,1H3/t16-/m0/s1. The highest BCUT2D eigenvalue weighted by Crippen LogP contribution is 2.29. The number of benzene rings is 1. The molecule has 9 nitrogen and oxygen atoms in total. The van der Waals surface area contributed by atoms with Gasteiger partial charge >= 0.3 is 23.8 Å². The zero-order valence-electron chi connectivity index (χ0n) is 16.7. The van der Waals surface area contributed by atoms with Crippen LogP contribution >= 0.6 is 0 Å². The summed E-state index contributed by atoms with van der Waals surface area (Å²) < 4.78 is 4.86. The van der Waals surface area contributed by atoms with Crippen molar-refractivity contribution in [2.24, 2.45) is 0 Å². The first-order valence-electron chi connectivity index (χ1n) is 10.1. The van der Waals surface area contributed by atoms with Crippen LogP contribution < -0.4 is 0 Å². The molecule has 9 heteroatoms. The number of esters is 1. The molecule has 1 atom stereocenters. The molecule has 0 radical (unpaired) electrons. The second kappa shape index (κ2) is 7.89. The van der Waals surface area contributed by atoms with Gasteiger partial charge in [0.1, 0.15) is 12.6 Å². The first-order valence-corrected chi connectivity index (χ1v) is 10.1. The molecule has 2 heterocycles. The van der Waals surface area contributed by atoms with Gasteiger partial charge in [-0.15, -0.1) is 0 Å². The Morgan fingerprint density at radius 3 is 2.37 bits per heavy atom. The Morgan fingerprint density at radius 2 is 1.70 bits per heavy atom. The summed E-state index contributed by atoms with van der Waals surface area (Å²) in [5, 5.41) is 0. The molecule has 5 amide bonds. The molecule has 2 fully saturated rings. The number of fused-ring (bicyclic) bond motifs is 1. The van der Waals surface area contributed by atoms with Crippen LogP contribution in [0, 0.1) is 0 Å². The third-order valence-electron chi connectivity index (χ3n) is 6.11. The first kappa shape index (κ1) is 20.1. The molecule has 1 aromatic carbocycles.